The summed E-state index contributed by atoms with van der Waals surface area (Å²) in [6, 6.07) is 7.42. The minimum atomic E-state index is -0.495. The summed E-state index contributed by atoms with van der Waals surface area (Å²) >= 11 is 0. The van der Waals surface area contributed by atoms with E-state index in [1.165, 1.54) is 13.2 Å². The fraction of sp³-hybridized carbons (Fsp3) is 0.357. The number of methoxy groups -OCH3 is 2. The molecule has 0 aromatic heterocycles. The number of ether oxygens (including phenoxy) is 2. The molecule has 0 spiro atoms. The van der Waals surface area contributed by atoms with Crippen molar-refractivity contribution >= 4 is 5.97 Å². The van der Waals surface area contributed by atoms with E-state index in [2.05, 4.69) is 16.6 Å². The maximum Gasteiger partial charge on any atom is 0.326 e. The summed E-state index contributed by atoms with van der Waals surface area (Å²) in [6.45, 7) is 4.72. The standard InChI is InChI=1S/C14H19NO3/c1-4-13(14(16)18-3)15-9-11-7-5-6-8-12(11)10-17-2/h4-8,13,15H,1,9-10H2,2-3H3. The average Bonchev–Trinajstić information content (AvgIpc) is 2.41. The minimum Gasteiger partial charge on any atom is -0.468 e. The molecule has 4 heteroatoms. The van der Waals surface area contributed by atoms with Crippen molar-refractivity contribution in [3.05, 3.63) is 48.0 Å². The normalized spacial score (nSPS) is 11.9. The quantitative estimate of drug-likeness (QED) is 0.589. The number of hydrogen-bond donors (Lipinski definition) is 1. The van der Waals surface area contributed by atoms with Crippen LogP contribution in [-0.4, -0.2) is 26.2 Å². The van der Waals surface area contributed by atoms with Gasteiger partial charge in [-0.15, -0.1) is 6.58 Å². The molecule has 0 saturated carbocycles. The van der Waals surface area contributed by atoms with Gasteiger partial charge in [0, 0.05) is 13.7 Å². The van der Waals surface area contributed by atoms with Gasteiger partial charge in [0.05, 0.1) is 13.7 Å². The zero-order chi connectivity index (χ0) is 13.4. The van der Waals surface area contributed by atoms with E-state index in [-0.39, 0.29) is 5.97 Å². The van der Waals surface area contributed by atoms with E-state index in [0.717, 1.165) is 11.1 Å². The summed E-state index contributed by atoms with van der Waals surface area (Å²) in [4.78, 5) is 11.4. The summed E-state index contributed by atoms with van der Waals surface area (Å²) in [5, 5.41) is 3.09. The first kappa shape index (κ1) is 14.4. The maximum atomic E-state index is 11.4. The fourth-order valence-corrected chi connectivity index (χ4v) is 1.64. The molecule has 18 heavy (non-hydrogen) atoms. The van der Waals surface area contributed by atoms with Crippen LogP contribution in [0.2, 0.25) is 0 Å². The van der Waals surface area contributed by atoms with Crippen LogP contribution >= 0.6 is 0 Å². The van der Waals surface area contributed by atoms with E-state index in [4.69, 9.17) is 4.74 Å². The lowest BCUT2D eigenvalue weighted by molar-refractivity contribution is -0.141. The molecule has 0 aliphatic heterocycles. The lowest BCUT2D eigenvalue weighted by Gasteiger charge is -2.14. The summed E-state index contributed by atoms with van der Waals surface area (Å²) in [7, 11) is 3.02. The zero-order valence-electron chi connectivity index (χ0n) is 10.8. The number of carbonyl (C=O) groups is 1. The second-order valence-corrected chi connectivity index (χ2v) is 3.82. The van der Waals surface area contributed by atoms with Crippen LogP contribution < -0.4 is 5.32 Å². The van der Waals surface area contributed by atoms with Crippen LogP contribution in [0.25, 0.3) is 0 Å². The maximum absolute atomic E-state index is 11.4. The molecule has 1 atom stereocenters. The van der Waals surface area contributed by atoms with Crippen molar-refractivity contribution in [1.82, 2.24) is 5.32 Å². The van der Waals surface area contributed by atoms with Crippen LogP contribution in [0.5, 0.6) is 0 Å². The Morgan fingerprint density at radius 3 is 2.61 bits per heavy atom. The highest BCUT2D eigenvalue weighted by molar-refractivity contribution is 5.77. The van der Waals surface area contributed by atoms with Crippen molar-refractivity contribution in [3.63, 3.8) is 0 Å². The summed E-state index contributed by atoms with van der Waals surface area (Å²) in [5.74, 6) is -0.339. The Morgan fingerprint density at radius 2 is 2.06 bits per heavy atom. The first-order chi connectivity index (χ1) is 8.72. The fourth-order valence-electron chi connectivity index (χ4n) is 1.64. The molecular formula is C14H19NO3. The van der Waals surface area contributed by atoms with Gasteiger partial charge in [-0.2, -0.15) is 0 Å². The Morgan fingerprint density at radius 1 is 1.39 bits per heavy atom. The Hall–Kier alpha value is -1.65. The molecule has 0 amide bonds. The largest absolute Gasteiger partial charge is 0.468 e. The Kier molecular flexibility index (Phi) is 6.11. The number of rotatable bonds is 7. The molecule has 98 valence electrons. The van der Waals surface area contributed by atoms with Gasteiger partial charge in [0.2, 0.25) is 0 Å². The first-order valence-electron chi connectivity index (χ1n) is 5.72. The third-order valence-electron chi connectivity index (χ3n) is 2.62. The number of esters is 1. The molecular weight excluding hydrogens is 230 g/mol. The van der Waals surface area contributed by atoms with Crippen LogP contribution in [0.4, 0.5) is 0 Å². The monoisotopic (exact) mass is 249 g/mol. The second-order valence-electron chi connectivity index (χ2n) is 3.82. The van der Waals surface area contributed by atoms with Crippen LogP contribution in [0.1, 0.15) is 11.1 Å². The van der Waals surface area contributed by atoms with Gasteiger partial charge in [0.1, 0.15) is 6.04 Å². The molecule has 1 aromatic carbocycles. The molecule has 0 saturated heterocycles. The van der Waals surface area contributed by atoms with Gasteiger partial charge in [-0.05, 0) is 11.1 Å². The number of nitrogens with one attached hydrogen (secondary N) is 1. The van der Waals surface area contributed by atoms with Crippen molar-refractivity contribution in [2.45, 2.75) is 19.2 Å². The zero-order valence-corrected chi connectivity index (χ0v) is 10.8. The second kappa shape index (κ2) is 7.63. The Labute approximate surface area is 108 Å². The number of hydrogen-bond acceptors (Lipinski definition) is 4. The van der Waals surface area contributed by atoms with Crippen molar-refractivity contribution in [2.24, 2.45) is 0 Å². The van der Waals surface area contributed by atoms with E-state index in [1.807, 2.05) is 24.3 Å². The summed E-state index contributed by atoms with van der Waals surface area (Å²) in [5.41, 5.74) is 2.19. The summed E-state index contributed by atoms with van der Waals surface area (Å²) < 4.78 is 9.80. The van der Waals surface area contributed by atoms with E-state index in [9.17, 15) is 4.79 Å². The topological polar surface area (TPSA) is 47.6 Å². The SMILES string of the molecule is C=CC(NCc1ccccc1COC)C(=O)OC. The molecule has 1 rings (SSSR count). The van der Waals surface area contributed by atoms with Crippen molar-refractivity contribution in [1.29, 1.82) is 0 Å². The molecule has 0 radical (unpaired) electrons. The van der Waals surface area contributed by atoms with E-state index >= 15 is 0 Å². The smallest absolute Gasteiger partial charge is 0.326 e. The van der Waals surface area contributed by atoms with Gasteiger partial charge in [-0.1, -0.05) is 30.3 Å². The highest BCUT2D eigenvalue weighted by Gasteiger charge is 2.14. The molecule has 1 unspecified atom stereocenters. The van der Waals surface area contributed by atoms with Gasteiger partial charge >= 0.3 is 5.97 Å². The highest BCUT2D eigenvalue weighted by atomic mass is 16.5. The van der Waals surface area contributed by atoms with Crippen molar-refractivity contribution < 1.29 is 14.3 Å². The van der Waals surface area contributed by atoms with Gasteiger partial charge in [0.15, 0.2) is 0 Å². The number of carbonyl (C=O) groups excluding carboxylic acids is 1. The lowest BCUT2D eigenvalue weighted by atomic mass is 10.1. The highest BCUT2D eigenvalue weighted by Crippen LogP contribution is 2.10. The molecule has 1 N–H and O–H groups in total. The van der Waals surface area contributed by atoms with Crippen LogP contribution in [-0.2, 0) is 27.4 Å². The molecule has 0 fully saturated rings. The average molecular weight is 249 g/mol. The molecule has 0 heterocycles. The Balaban J connectivity index is 2.67. The van der Waals surface area contributed by atoms with Gasteiger partial charge < -0.3 is 9.47 Å². The van der Waals surface area contributed by atoms with Crippen molar-refractivity contribution in [3.8, 4) is 0 Å². The van der Waals surface area contributed by atoms with E-state index < -0.39 is 6.04 Å². The predicted octanol–water partition coefficient (Wildman–Crippen LogP) is 1.65. The van der Waals surface area contributed by atoms with E-state index in [0.29, 0.717) is 13.2 Å². The number of benzene rings is 1. The molecule has 4 nitrogen and oxygen atoms in total. The van der Waals surface area contributed by atoms with Crippen LogP contribution in [0.3, 0.4) is 0 Å². The Bertz CT molecular complexity index is 404. The third kappa shape index (κ3) is 3.98. The van der Waals surface area contributed by atoms with E-state index in [1.54, 1.807) is 7.11 Å². The predicted molar refractivity (Wildman–Crippen MR) is 70.0 cm³/mol. The van der Waals surface area contributed by atoms with Crippen LogP contribution in [0, 0.1) is 0 Å². The van der Waals surface area contributed by atoms with Crippen molar-refractivity contribution in [2.75, 3.05) is 14.2 Å². The van der Waals surface area contributed by atoms with Gasteiger partial charge in [0.25, 0.3) is 0 Å². The molecule has 0 aliphatic rings. The van der Waals surface area contributed by atoms with Crippen LogP contribution in [0.15, 0.2) is 36.9 Å². The molecule has 0 aliphatic carbocycles. The molecule has 0 bridgehead atoms. The van der Waals surface area contributed by atoms with Gasteiger partial charge in [-0.3, -0.25) is 10.1 Å². The molecule has 1 aromatic rings. The summed E-state index contributed by atoms with van der Waals surface area (Å²) in [6.07, 6.45) is 1.53. The van der Waals surface area contributed by atoms with Gasteiger partial charge in [-0.25, -0.2) is 0 Å². The first-order valence-corrected chi connectivity index (χ1v) is 5.72. The minimum absolute atomic E-state index is 0.339. The third-order valence-corrected chi connectivity index (χ3v) is 2.62. The lowest BCUT2D eigenvalue weighted by Crippen LogP contribution is -2.35.